The van der Waals surface area contributed by atoms with Gasteiger partial charge in [0.15, 0.2) is 11.6 Å². The zero-order valence-electron chi connectivity index (χ0n) is 16.0. The molecule has 0 saturated carbocycles. The third kappa shape index (κ3) is 3.27. The highest BCUT2D eigenvalue weighted by molar-refractivity contribution is 6.33. The minimum atomic E-state index is -0.366. The van der Waals surface area contributed by atoms with E-state index in [1.54, 1.807) is 36.4 Å². The molecule has 0 radical (unpaired) electrons. The summed E-state index contributed by atoms with van der Waals surface area (Å²) in [5.74, 6) is -0.454. The lowest BCUT2D eigenvalue weighted by molar-refractivity contribution is 0.103. The molecule has 0 atom stereocenters. The summed E-state index contributed by atoms with van der Waals surface area (Å²) in [7, 11) is 0. The van der Waals surface area contributed by atoms with E-state index >= 15 is 0 Å². The molecule has 0 bridgehead atoms. The molecule has 4 aromatic carbocycles. The minimum Gasteiger partial charge on any atom is -0.289 e. The van der Waals surface area contributed by atoms with E-state index in [0.717, 1.165) is 22.3 Å². The monoisotopic (exact) mass is 446 g/mol. The van der Waals surface area contributed by atoms with Crippen LogP contribution in [0.15, 0.2) is 78.9 Å². The van der Waals surface area contributed by atoms with Gasteiger partial charge in [0.2, 0.25) is 0 Å². The molecule has 31 heavy (non-hydrogen) atoms. The standard InChI is InChI=1S/C13H6Cl2O.C13H7FO/c14-7-1-3-9-10-4-2-8(15)6-12(10)13(16)11(9)5-7;14-8-5-6-10-9-3-1-2-4-11(9)13(15)12(10)7-8/h1-6H;1-7H. The number of hydrogen-bond donors (Lipinski definition) is 0. The largest absolute Gasteiger partial charge is 0.289 e. The predicted octanol–water partition coefficient (Wildman–Crippen LogP) is 7.24. The number of hydrogen-bond acceptors (Lipinski definition) is 2. The fraction of sp³-hybridized carbons (Fsp3) is 0. The predicted molar refractivity (Wildman–Crippen MR) is 121 cm³/mol. The number of ketones is 2. The molecule has 4 aromatic rings. The number of fused-ring (bicyclic) bond motifs is 6. The number of rotatable bonds is 0. The molecule has 0 amide bonds. The number of carbonyl (C=O) groups is 2. The van der Waals surface area contributed by atoms with E-state index in [0.29, 0.717) is 32.3 Å². The van der Waals surface area contributed by atoms with Gasteiger partial charge in [0.1, 0.15) is 5.82 Å². The summed E-state index contributed by atoms with van der Waals surface area (Å²) in [6, 6.07) is 22.4. The Balaban J connectivity index is 0.000000132. The van der Waals surface area contributed by atoms with Gasteiger partial charge in [0.05, 0.1) is 0 Å². The maximum Gasteiger partial charge on any atom is 0.194 e. The van der Waals surface area contributed by atoms with Crippen LogP contribution in [0.3, 0.4) is 0 Å². The van der Waals surface area contributed by atoms with Gasteiger partial charge in [0, 0.05) is 32.3 Å². The zero-order chi connectivity index (χ0) is 21.7. The highest BCUT2D eigenvalue weighted by Crippen LogP contribution is 2.39. The van der Waals surface area contributed by atoms with Gasteiger partial charge in [-0.2, -0.15) is 0 Å². The molecule has 2 aliphatic rings. The van der Waals surface area contributed by atoms with Gasteiger partial charge < -0.3 is 0 Å². The first-order valence-electron chi connectivity index (χ1n) is 9.52. The molecule has 0 N–H and O–H groups in total. The Kier molecular flexibility index (Phi) is 4.73. The smallest absolute Gasteiger partial charge is 0.194 e. The van der Waals surface area contributed by atoms with Crippen molar-refractivity contribution in [3.8, 4) is 22.3 Å². The Labute approximate surface area is 187 Å². The molecule has 150 valence electrons. The summed E-state index contributed by atoms with van der Waals surface area (Å²) in [4.78, 5) is 23.9. The molecular weight excluding hydrogens is 434 g/mol. The van der Waals surface area contributed by atoms with Crippen LogP contribution < -0.4 is 0 Å². The molecule has 0 heterocycles. The van der Waals surface area contributed by atoms with Crippen LogP contribution in [-0.4, -0.2) is 11.6 Å². The fourth-order valence-corrected chi connectivity index (χ4v) is 4.37. The van der Waals surface area contributed by atoms with Gasteiger partial charge >= 0.3 is 0 Å². The minimum absolute atomic E-state index is 0.00463. The van der Waals surface area contributed by atoms with E-state index in [9.17, 15) is 14.0 Å². The summed E-state index contributed by atoms with van der Waals surface area (Å²) in [5.41, 5.74) is 6.04. The van der Waals surface area contributed by atoms with Crippen molar-refractivity contribution in [3.05, 3.63) is 117 Å². The second kappa shape index (κ2) is 7.45. The van der Waals surface area contributed by atoms with Crippen molar-refractivity contribution in [2.45, 2.75) is 0 Å². The van der Waals surface area contributed by atoms with Crippen LogP contribution in [0.25, 0.3) is 22.3 Å². The van der Waals surface area contributed by atoms with Gasteiger partial charge in [-0.15, -0.1) is 0 Å². The van der Waals surface area contributed by atoms with Crippen molar-refractivity contribution >= 4 is 34.8 Å². The van der Waals surface area contributed by atoms with E-state index < -0.39 is 0 Å². The number of benzene rings is 4. The Morgan fingerprint density at radius 3 is 1.48 bits per heavy atom. The third-order valence-corrected chi connectivity index (χ3v) is 5.90. The lowest BCUT2D eigenvalue weighted by Gasteiger charge is -1.99. The average Bonchev–Trinajstić information content (AvgIpc) is 3.20. The first kappa shape index (κ1) is 19.7. The van der Waals surface area contributed by atoms with Gasteiger partial charge in [-0.3, -0.25) is 9.59 Å². The Bertz CT molecular complexity index is 1360. The van der Waals surface area contributed by atoms with E-state index in [1.807, 2.05) is 30.3 Å². The maximum atomic E-state index is 13.0. The fourth-order valence-electron chi connectivity index (χ4n) is 4.02. The molecular formula is C26H13Cl2FO2. The van der Waals surface area contributed by atoms with E-state index in [2.05, 4.69) is 0 Å². The molecule has 0 fully saturated rings. The van der Waals surface area contributed by atoms with Crippen LogP contribution in [0, 0.1) is 5.82 Å². The number of halogens is 3. The quantitative estimate of drug-likeness (QED) is 0.246. The highest BCUT2D eigenvalue weighted by Gasteiger charge is 2.27. The Morgan fingerprint density at radius 2 is 0.903 bits per heavy atom. The summed E-state index contributed by atoms with van der Waals surface area (Å²) in [5, 5.41) is 1.15. The van der Waals surface area contributed by atoms with Crippen LogP contribution in [-0.2, 0) is 0 Å². The van der Waals surface area contributed by atoms with Gasteiger partial charge in [-0.05, 0) is 58.7 Å². The summed E-state index contributed by atoms with van der Waals surface area (Å²) in [6.07, 6.45) is 0. The van der Waals surface area contributed by atoms with Crippen LogP contribution in [0.2, 0.25) is 10.0 Å². The van der Waals surface area contributed by atoms with Gasteiger partial charge in [-0.25, -0.2) is 4.39 Å². The van der Waals surface area contributed by atoms with Gasteiger partial charge in [-0.1, -0.05) is 65.7 Å². The van der Waals surface area contributed by atoms with Crippen molar-refractivity contribution in [1.82, 2.24) is 0 Å². The van der Waals surface area contributed by atoms with E-state index in [1.165, 1.54) is 12.1 Å². The van der Waals surface area contributed by atoms with E-state index in [4.69, 9.17) is 23.2 Å². The molecule has 0 aromatic heterocycles. The Hall–Kier alpha value is -3.27. The molecule has 0 unspecified atom stereocenters. The second-order valence-electron chi connectivity index (χ2n) is 7.27. The number of carbonyl (C=O) groups excluding carboxylic acids is 2. The summed E-state index contributed by atoms with van der Waals surface area (Å²) < 4.78 is 13.0. The third-order valence-electron chi connectivity index (χ3n) is 5.43. The van der Waals surface area contributed by atoms with Crippen LogP contribution in [0.5, 0.6) is 0 Å². The molecule has 0 aliphatic heterocycles. The lowest BCUT2D eigenvalue weighted by atomic mass is 10.1. The zero-order valence-corrected chi connectivity index (χ0v) is 17.5. The molecule has 2 aliphatic carbocycles. The van der Waals surface area contributed by atoms with Crippen molar-refractivity contribution in [2.75, 3.05) is 0 Å². The van der Waals surface area contributed by atoms with Crippen molar-refractivity contribution in [1.29, 1.82) is 0 Å². The lowest BCUT2D eigenvalue weighted by Crippen LogP contribution is -1.94. The summed E-state index contributed by atoms with van der Waals surface area (Å²) in [6.45, 7) is 0. The first-order chi connectivity index (χ1) is 14.9. The SMILES string of the molecule is O=C1c2cc(Cl)ccc2-c2ccc(Cl)cc21.O=C1c2ccccc2-c2ccc(F)cc21. The molecule has 6 rings (SSSR count). The molecule has 5 heteroatoms. The molecule has 2 nitrogen and oxygen atoms in total. The van der Waals surface area contributed by atoms with Crippen molar-refractivity contribution in [2.24, 2.45) is 0 Å². The van der Waals surface area contributed by atoms with Crippen molar-refractivity contribution in [3.63, 3.8) is 0 Å². The average molecular weight is 447 g/mol. The van der Waals surface area contributed by atoms with E-state index in [-0.39, 0.29) is 17.4 Å². The maximum absolute atomic E-state index is 13.0. The first-order valence-corrected chi connectivity index (χ1v) is 10.3. The Morgan fingerprint density at radius 1 is 0.484 bits per heavy atom. The molecule has 0 spiro atoms. The summed E-state index contributed by atoms with van der Waals surface area (Å²) >= 11 is 11.8. The van der Waals surface area contributed by atoms with Crippen LogP contribution in [0.4, 0.5) is 4.39 Å². The highest BCUT2D eigenvalue weighted by atomic mass is 35.5. The van der Waals surface area contributed by atoms with Gasteiger partial charge in [0.25, 0.3) is 0 Å². The van der Waals surface area contributed by atoms with Crippen LogP contribution >= 0.6 is 23.2 Å². The normalized spacial score (nSPS) is 12.5. The second-order valence-corrected chi connectivity index (χ2v) is 8.15. The molecule has 0 saturated heterocycles. The van der Waals surface area contributed by atoms with Crippen LogP contribution in [0.1, 0.15) is 31.8 Å². The van der Waals surface area contributed by atoms with Crippen molar-refractivity contribution < 1.29 is 14.0 Å². The topological polar surface area (TPSA) is 34.1 Å².